The highest BCUT2D eigenvalue weighted by Crippen LogP contribution is 2.54. The summed E-state index contributed by atoms with van der Waals surface area (Å²) in [6.07, 6.45) is -1.24. The predicted octanol–water partition coefficient (Wildman–Crippen LogP) is 4.20. The van der Waals surface area contributed by atoms with Gasteiger partial charge < -0.3 is 10.1 Å². The van der Waals surface area contributed by atoms with Gasteiger partial charge in [0.05, 0.1) is 12.2 Å². The molecule has 1 aromatic carbocycles. The van der Waals surface area contributed by atoms with E-state index in [1.54, 1.807) is 0 Å². The van der Waals surface area contributed by atoms with E-state index < -0.39 is 11.8 Å². The average molecular weight is 342 g/mol. The molecule has 0 aliphatic carbocycles. The van der Waals surface area contributed by atoms with Crippen LogP contribution in [0.1, 0.15) is 11.1 Å². The monoisotopic (exact) mass is 341 g/mol. The SMILES string of the molecule is C=CCOC1(C(F)(F)F)c2cc(Cl)ccc2Nc2ncncc21. The highest BCUT2D eigenvalue weighted by Gasteiger charge is 2.62. The zero-order valence-electron chi connectivity index (χ0n) is 11.7. The predicted molar refractivity (Wildman–Crippen MR) is 79.8 cm³/mol. The molecule has 0 bridgehead atoms. The molecule has 120 valence electrons. The summed E-state index contributed by atoms with van der Waals surface area (Å²) in [5.41, 5.74) is -2.85. The summed E-state index contributed by atoms with van der Waals surface area (Å²) in [6, 6.07) is 4.19. The van der Waals surface area contributed by atoms with E-state index in [0.29, 0.717) is 0 Å². The van der Waals surface area contributed by atoms with Crippen molar-refractivity contribution in [1.82, 2.24) is 9.97 Å². The molecule has 2 aromatic rings. The van der Waals surface area contributed by atoms with Crippen LogP contribution >= 0.6 is 11.6 Å². The Morgan fingerprint density at radius 1 is 1.35 bits per heavy atom. The largest absolute Gasteiger partial charge is 0.426 e. The molecule has 1 aliphatic rings. The molecule has 8 heteroatoms. The van der Waals surface area contributed by atoms with Crippen LogP contribution in [0.4, 0.5) is 24.7 Å². The number of ether oxygens (including phenoxy) is 1. The summed E-state index contributed by atoms with van der Waals surface area (Å²) in [5, 5.41) is 3.02. The van der Waals surface area contributed by atoms with Crippen LogP contribution in [0.25, 0.3) is 0 Å². The van der Waals surface area contributed by atoms with Crippen molar-refractivity contribution in [2.24, 2.45) is 0 Å². The minimum Gasteiger partial charge on any atom is -0.352 e. The molecule has 2 heterocycles. The van der Waals surface area contributed by atoms with Gasteiger partial charge in [-0.2, -0.15) is 13.2 Å². The summed E-state index contributed by atoms with van der Waals surface area (Å²) in [6.45, 7) is 3.12. The van der Waals surface area contributed by atoms with Crippen LogP contribution in [0.5, 0.6) is 0 Å². The van der Waals surface area contributed by atoms with Gasteiger partial charge in [-0.05, 0) is 18.2 Å². The van der Waals surface area contributed by atoms with E-state index in [0.717, 1.165) is 6.20 Å². The molecule has 1 aliphatic heterocycles. The van der Waals surface area contributed by atoms with Crippen LogP contribution in [0, 0.1) is 0 Å². The number of fused-ring (bicyclic) bond motifs is 2. The Morgan fingerprint density at radius 3 is 2.83 bits per heavy atom. The number of hydrogen-bond donors (Lipinski definition) is 1. The number of benzene rings is 1. The molecule has 0 amide bonds. The van der Waals surface area contributed by atoms with Crippen molar-refractivity contribution >= 4 is 23.1 Å². The van der Waals surface area contributed by atoms with Gasteiger partial charge in [-0.15, -0.1) is 6.58 Å². The molecular weight excluding hydrogens is 331 g/mol. The van der Waals surface area contributed by atoms with Crippen LogP contribution < -0.4 is 5.32 Å². The fraction of sp³-hybridized carbons (Fsp3) is 0.200. The maximum absolute atomic E-state index is 14.1. The van der Waals surface area contributed by atoms with Crippen molar-refractivity contribution in [2.45, 2.75) is 11.8 Å². The van der Waals surface area contributed by atoms with Gasteiger partial charge in [0.1, 0.15) is 12.1 Å². The van der Waals surface area contributed by atoms with E-state index in [9.17, 15) is 13.2 Å². The number of nitrogens with zero attached hydrogens (tertiary/aromatic N) is 2. The Balaban J connectivity index is 2.36. The lowest BCUT2D eigenvalue weighted by Gasteiger charge is -2.40. The van der Waals surface area contributed by atoms with E-state index in [2.05, 4.69) is 21.9 Å². The Morgan fingerprint density at radius 2 is 2.13 bits per heavy atom. The summed E-state index contributed by atoms with van der Waals surface area (Å²) in [7, 11) is 0. The lowest BCUT2D eigenvalue weighted by Crippen LogP contribution is -2.48. The zero-order valence-corrected chi connectivity index (χ0v) is 12.4. The van der Waals surface area contributed by atoms with Gasteiger partial charge in [0.2, 0.25) is 5.60 Å². The molecule has 1 atom stereocenters. The molecule has 0 spiro atoms. The van der Waals surface area contributed by atoms with E-state index in [-0.39, 0.29) is 34.3 Å². The topological polar surface area (TPSA) is 47.0 Å². The van der Waals surface area contributed by atoms with Gasteiger partial charge in [-0.3, -0.25) is 0 Å². The first kappa shape index (κ1) is 15.8. The smallest absolute Gasteiger partial charge is 0.352 e. The van der Waals surface area contributed by atoms with Crippen molar-refractivity contribution in [2.75, 3.05) is 11.9 Å². The molecule has 0 saturated heterocycles. The van der Waals surface area contributed by atoms with Crippen LogP contribution in [0.2, 0.25) is 5.02 Å². The highest BCUT2D eigenvalue weighted by atomic mass is 35.5. The second kappa shape index (κ2) is 5.50. The third kappa shape index (κ3) is 2.36. The molecule has 1 unspecified atom stereocenters. The van der Waals surface area contributed by atoms with Crippen LogP contribution in [0.3, 0.4) is 0 Å². The van der Waals surface area contributed by atoms with E-state index in [1.807, 2.05) is 0 Å². The zero-order chi connectivity index (χ0) is 16.7. The van der Waals surface area contributed by atoms with Gasteiger partial charge in [0.25, 0.3) is 0 Å². The molecule has 0 fully saturated rings. The number of hydrogen-bond acceptors (Lipinski definition) is 4. The van der Waals surface area contributed by atoms with Crippen molar-refractivity contribution < 1.29 is 17.9 Å². The Kier molecular flexibility index (Phi) is 3.77. The quantitative estimate of drug-likeness (QED) is 0.850. The lowest BCUT2D eigenvalue weighted by atomic mass is 9.82. The second-order valence-electron chi connectivity index (χ2n) is 4.88. The molecule has 4 nitrogen and oxygen atoms in total. The first-order valence-electron chi connectivity index (χ1n) is 6.59. The molecular formula is C15H11ClF3N3O. The number of nitrogens with one attached hydrogen (secondary N) is 1. The van der Waals surface area contributed by atoms with Gasteiger partial charge in [0.15, 0.2) is 0 Å². The summed E-state index contributed by atoms with van der Waals surface area (Å²) >= 11 is 5.91. The number of anilines is 2. The molecule has 1 N–H and O–H groups in total. The Labute approximate surface area is 135 Å². The second-order valence-corrected chi connectivity index (χ2v) is 5.31. The Bertz CT molecular complexity index is 766. The van der Waals surface area contributed by atoms with Crippen LogP contribution in [-0.2, 0) is 10.3 Å². The van der Waals surface area contributed by atoms with E-state index in [4.69, 9.17) is 16.3 Å². The fourth-order valence-corrected chi connectivity index (χ4v) is 2.78. The van der Waals surface area contributed by atoms with Gasteiger partial charge in [0, 0.05) is 22.5 Å². The van der Waals surface area contributed by atoms with Crippen molar-refractivity contribution in [1.29, 1.82) is 0 Å². The van der Waals surface area contributed by atoms with Crippen LogP contribution in [0.15, 0.2) is 43.4 Å². The summed E-state index contributed by atoms with van der Waals surface area (Å²) in [4.78, 5) is 7.62. The van der Waals surface area contributed by atoms with Gasteiger partial charge in [-0.25, -0.2) is 9.97 Å². The minimum atomic E-state index is -4.75. The number of rotatable bonds is 3. The third-order valence-electron chi connectivity index (χ3n) is 3.52. The first-order chi connectivity index (χ1) is 10.9. The Hall–Kier alpha value is -2.12. The standard InChI is InChI=1S/C15H11ClF3N3O/c1-2-5-23-14(15(17,18)19)10-6-9(16)3-4-12(10)22-13-11(14)7-20-8-21-13/h2-4,6-8H,1,5H2,(H,20,21,22). The summed E-state index contributed by atoms with van der Waals surface area (Å²) in [5.74, 6) is 0.0382. The summed E-state index contributed by atoms with van der Waals surface area (Å²) < 4.78 is 47.6. The molecule has 1 aromatic heterocycles. The molecule has 0 radical (unpaired) electrons. The van der Waals surface area contributed by atoms with Crippen molar-refractivity contribution in [3.63, 3.8) is 0 Å². The minimum absolute atomic E-state index is 0.0382. The van der Waals surface area contributed by atoms with Crippen LogP contribution in [-0.4, -0.2) is 22.8 Å². The highest BCUT2D eigenvalue weighted by molar-refractivity contribution is 6.30. The molecule has 23 heavy (non-hydrogen) atoms. The molecule has 3 rings (SSSR count). The normalized spacial score (nSPS) is 19.5. The lowest BCUT2D eigenvalue weighted by molar-refractivity contribution is -0.263. The average Bonchev–Trinajstić information content (AvgIpc) is 2.50. The third-order valence-corrected chi connectivity index (χ3v) is 3.76. The number of alkyl halides is 3. The van der Waals surface area contributed by atoms with E-state index in [1.165, 1.54) is 30.6 Å². The maximum atomic E-state index is 14.1. The molecule has 0 saturated carbocycles. The maximum Gasteiger partial charge on any atom is 0.426 e. The fourth-order valence-electron chi connectivity index (χ4n) is 2.60. The van der Waals surface area contributed by atoms with Crippen molar-refractivity contribution in [3.8, 4) is 0 Å². The van der Waals surface area contributed by atoms with Gasteiger partial charge in [-0.1, -0.05) is 17.7 Å². The van der Waals surface area contributed by atoms with Gasteiger partial charge >= 0.3 is 6.18 Å². The van der Waals surface area contributed by atoms with E-state index >= 15 is 0 Å². The van der Waals surface area contributed by atoms with Crippen molar-refractivity contribution in [3.05, 3.63) is 59.5 Å². The number of aromatic nitrogens is 2. The first-order valence-corrected chi connectivity index (χ1v) is 6.97. The number of halogens is 4.